The molecule has 0 unspecified atom stereocenters. The minimum Gasteiger partial charge on any atom is -0.360 e. The van der Waals surface area contributed by atoms with E-state index in [0.717, 1.165) is 17.8 Å². The first-order valence-corrected chi connectivity index (χ1v) is 8.98. The first-order valence-electron chi connectivity index (χ1n) is 8.98. The Morgan fingerprint density at radius 2 is 2.32 bits per heavy atom. The van der Waals surface area contributed by atoms with Gasteiger partial charge in [0.2, 0.25) is 11.8 Å². The second-order valence-corrected chi connectivity index (χ2v) is 7.80. The summed E-state index contributed by atoms with van der Waals surface area (Å²) >= 11 is 0. The first kappa shape index (κ1) is 15.1. The van der Waals surface area contributed by atoms with Gasteiger partial charge in [-0.3, -0.25) is 9.59 Å². The summed E-state index contributed by atoms with van der Waals surface area (Å²) in [5.74, 6) is -0.717. The van der Waals surface area contributed by atoms with Crippen molar-refractivity contribution in [2.75, 3.05) is 13.1 Å². The number of amides is 2. The molecule has 132 valence electrons. The zero-order valence-electron chi connectivity index (χ0n) is 14.4. The maximum absolute atomic E-state index is 13.3. The third-order valence-corrected chi connectivity index (χ3v) is 6.12. The highest BCUT2D eigenvalue weighted by Gasteiger charge is 2.67. The molecule has 2 amide bonds. The Morgan fingerprint density at radius 1 is 1.48 bits per heavy atom. The molecule has 1 aromatic rings. The van der Waals surface area contributed by atoms with E-state index in [1.807, 2.05) is 35.8 Å². The molecule has 2 bridgehead atoms. The highest BCUT2D eigenvalue weighted by Crippen LogP contribution is 2.52. The number of hydrogen-bond acceptors (Lipinski definition) is 4. The molecule has 5 heterocycles. The number of aromatic nitrogens is 2. The van der Waals surface area contributed by atoms with Crippen LogP contribution in [0.15, 0.2) is 18.5 Å². The maximum Gasteiger partial charge on any atom is 0.230 e. The molecular weight excluding hydrogens is 320 g/mol. The maximum atomic E-state index is 13.3. The number of likely N-dealkylation sites (tertiary alicyclic amines) is 1. The third-order valence-electron chi connectivity index (χ3n) is 6.12. The van der Waals surface area contributed by atoms with Crippen molar-refractivity contribution in [2.24, 2.45) is 11.8 Å². The van der Waals surface area contributed by atoms with Crippen LogP contribution in [0.2, 0.25) is 0 Å². The van der Waals surface area contributed by atoms with Crippen LogP contribution >= 0.6 is 0 Å². The summed E-state index contributed by atoms with van der Waals surface area (Å²) in [6, 6.07) is 0.113. The topological polar surface area (TPSA) is 78.5 Å². The number of rotatable bonds is 2. The molecule has 0 aromatic carbocycles. The van der Waals surface area contributed by atoms with Gasteiger partial charge in [0, 0.05) is 19.0 Å². The van der Waals surface area contributed by atoms with Gasteiger partial charge in [0.1, 0.15) is 5.60 Å². The molecule has 2 saturated heterocycles. The Bertz CT molecular complexity index is 785. The van der Waals surface area contributed by atoms with Crippen molar-refractivity contribution in [3.8, 4) is 0 Å². The molecule has 1 spiro atoms. The number of carbonyl (C=O) groups is 2. The summed E-state index contributed by atoms with van der Waals surface area (Å²) in [6.45, 7) is 5.74. The molecule has 0 aliphatic carbocycles. The van der Waals surface area contributed by atoms with Crippen LogP contribution in [0.25, 0.3) is 0 Å². The molecular formula is C18H22N4O3. The molecule has 1 aromatic heterocycles. The van der Waals surface area contributed by atoms with Crippen LogP contribution in [0.3, 0.4) is 0 Å². The second kappa shape index (κ2) is 4.94. The number of nitrogens with one attached hydrogen (secondary N) is 1. The standard InChI is InChI=1S/C18H22N4O3/c1-10(2)22-8-18-5-3-13(25-18)14(15(18)17(22)24)16(23)21-6-4-11-12(7-21)20-9-19-11/h3,5,9-10,13-15H,4,6-8H2,1-2H3,(H,19,20)/t13-,14-,15+,18-/m1/s1. The average molecular weight is 342 g/mol. The zero-order chi connectivity index (χ0) is 17.3. The van der Waals surface area contributed by atoms with Gasteiger partial charge in [-0.05, 0) is 13.8 Å². The fraction of sp³-hybridized carbons (Fsp3) is 0.611. The molecule has 4 atom stereocenters. The normalized spacial score (nSPS) is 35.6. The largest absolute Gasteiger partial charge is 0.360 e. The minimum atomic E-state index is -0.610. The number of nitrogens with zero attached hydrogens (tertiary/aromatic N) is 3. The van der Waals surface area contributed by atoms with Crippen molar-refractivity contribution < 1.29 is 14.3 Å². The van der Waals surface area contributed by atoms with E-state index in [0.29, 0.717) is 19.6 Å². The molecule has 4 aliphatic heterocycles. The summed E-state index contributed by atoms with van der Waals surface area (Å²) in [5.41, 5.74) is 1.42. The first-order chi connectivity index (χ1) is 12.0. The molecule has 7 heteroatoms. The Hall–Kier alpha value is -2.15. The smallest absolute Gasteiger partial charge is 0.230 e. The molecule has 0 saturated carbocycles. The van der Waals surface area contributed by atoms with E-state index in [1.165, 1.54) is 0 Å². The van der Waals surface area contributed by atoms with E-state index in [1.54, 1.807) is 6.33 Å². The quantitative estimate of drug-likeness (QED) is 0.793. The zero-order valence-corrected chi connectivity index (χ0v) is 14.4. The van der Waals surface area contributed by atoms with Crippen LogP contribution in [0.1, 0.15) is 25.2 Å². The Morgan fingerprint density at radius 3 is 3.12 bits per heavy atom. The van der Waals surface area contributed by atoms with Crippen molar-refractivity contribution in [3.63, 3.8) is 0 Å². The highest BCUT2D eigenvalue weighted by atomic mass is 16.5. The predicted octanol–water partition coefficient (Wildman–Crippen LogP) is 0.485. The van der Waals surface area contributed by atoms with Crippen molar-refractivity contribution in [3.05, 3.63) is 29.9 Å². The van der Waals surface area contributed by atoms with Crippen molar-refractivity contribution in [1.29, 1.82) is 0 Å². The lowest BCUT2D eigenvalue weighted by atomic mass is 9.76. The fourth-order valence-corrected chi connectivity index (χ4v) is 4.86. The lowest BCUT2D eigenvalue weighted by molar-refractivity contribution is -0.144. The Balaban J connectivity index is 1.44. The summed E-state index contributed by atoms with van der Waals surface area (Å²) in [7, 11) is 0. The van der Waals surface area contributed by atoms with Crippen LogP contribution < -0.4 is 0 Å². The average Bonchev–Trinajstić information content (AvgIpc) is 3.33. The second-order valence-electron chi connectivity index (χ2n) is 7.80. The predicted molar refractivity (Wildman–Crippen MR) is 88.3 cm³/mol. The van der Waals surface area contributed by atoms with Crippen LogP contribution in [-0.2, 0) is 27.3 Å². The van der Waals surface area contributed by atoms with Gasteiger partial charge in [-0.1, -0.05) is 12.2 Å². The molecule has 0 radical (unpaired) electrons. The van der Waals surface area contributed by atoms with E-state index in [-0.39, 0.29) is 29.9 Å². The van der Waals surface area contributed by atoms with Crippen molar-refractivity contribution in [1.82, 2.24) is 19.8 Å². The number of hydrogen-bond donors (Lipinski definition) is 1. The molecule has 2 fully saturated rings. The van der Waals surface area contributed by atoms with E-state index in [2.05, 4.69) is 9.97 Å². The molecule has 7 nitrogen and oxygen atoms in total. The van der Waals surface area contributed by atoms with E-state index < -0.39 is 11.5 Å². The van der Waals surface area contributed by atoms with Crippen LogP contribution in [0.5, 0.6) is 0 Å². The van der Waals surface area contributed by atoms with Crippen molar-refractivity contribution >= 4 is 11.8 Å². The van der Waals surface area contributed by atoms with E-state index >= 15 is 0 Å². The van der Waals surface area contributed by atoms with Crippen LogP contribution in [0, 0.1) is 11.8 Å². The highest BCUT2D eigenvalue weighted by molar-refractivity contribution is 5.93. The number of ether oxygens (including phenoxy) is 1. The van der Waals surface area contributed by atoms with Gasteiger partial charge in [0.25, 0.3) is 0 Å². The summed E-state index contributed by atoms with van der Waals surface area (Å²) in [5, 5.41) is 0. The van der Waals surface area contributed by atoms with E-state index in [9.17, 15) is 9.59 Å². The lowest BCUT2D eigenvalue weighted by Gasteiger charge is -2.32. The lowest BCUT2D eigenvalue weighted by Crippen LogP contribution is -2.47. The van der Waals surface area contributed by atoms with Crippen LogP contribution in [-0.4, -0.2) is 62.4 Å². The van der Waals surface area contributed by atoms with Gasteiger partial charge in [-0.2, -0.15) is 0 Å². The number of imidazole rings is 1. The number of fused-ring (bicyclic) bond motifs is 2. The van der Waals surface area contributed by atoms with Gasteiger partial charge in [0.05, 0.1) is 48.7 Å². The van der Waals surface area contributed by atoms with E-state index in [4.69, 9.17) is 4.74 Å². The van der Waals surface area contributed by atoms with Gasteiger partial charge < -0.3 is 19.5 Å². The van der Waals surface area contributed by atoms with Crippen molar-refractivity contribution in [2.45, 2.75) is 44.6 Å². The fourth-order valence-electron chi connectivity index (χ4n) is 4.86. The molecule has 5 rings (SSSR count). The van der Waals surface area contributed by atoms with Crippen LogP contribution in [0.4, 0.5) is 0 Å². The molecule has 1 N–H and O–H groups in total. The summed E-state index contributed by atoms with van der Waals surface area (Å²) < 4.78 is 6.17. The summed E-state index contributed by atoms with van der Waals surface area (Å²) in [6.07, 6.45) is 6.13. The molecule has 4 aliphatic rings. The van der Waals surface area contributed by atoms with Gasteiger partial charge >= 0.3 is 0 Å². The monoisotopic (exact) mass is 342 g/mol. The SMILES string of the molecule is CC(C)N1C[C@@]23C=C[C@@H](O2)[C@@H](C(=O)N2CCc4nc[nH]c4C2)[C@H]3C1=O. The number of aromatic amines is 1. The number of carbonyl (C=O) groups excluding carboxylic acids is 2. The third kappa shape index (κ3) is 1.93. The number of H-pyrrole nitrogens is 1. The van der Waals surface area contributed by atoms with Gasteiger partial charge in [-0.15, -0.1) is 0 Å². The Kier molecular flexibility index (Phi) is 2.99. The van der Waals surface area contributed by atoms with Gasteiger partial charge in [-0.25, -0.2) is 4.98 Å². The summed E-state index contributed by atoms with van der Waals surface area (Å²) in [4.78, 5) is 37.4. The molecule has 25 heavy (non-hydrogen) atoms. The van der Waals surface area contributed by atoms with Gasteiger partial charge in [0.15, 0.2) is 0 Å². The Labute approximate surface area is 146 Å². The minimum absolute atomic E-state index is 0.0282.